The van der Waals surface area contributed by atoms with E-state index >= 15 is 0 Å². The van der Waals surface area contributed by atoms with Crippen LogP contribution in [0.2, 0.25) is 0 Å². The van der Waals surface area contributed by atoms with E-state index in [9.17, 15) is 0 Å². The highest BCUT2D eigenvalue weighted by Crippen LogP contribution is 2.44. The number of nitrogens with zero attached hydrogens (tertiary/aromatic N) is 2. The third kappa shape index (κ3) is 5.55. The molecule has 10 aromatic carbocycles. The number of hydrogen-bond acceptors (Lipinski definition) is 2. The first-order valence-electron chi connectivity index (χ1n) is 20.2. The zero-order valence-corrected chi connectivity index (χ0v) is 32.9. The molecule has 0 saturated heterocycles. The third-order valence-electron chi connectivity index (χ3n) is 12.0. The first-order valence-corrected chi connectivity index (χ1v) is 21.0. The monoisotopic (exact) mass is 768 g/mol. The van der Waals surface area contributed by atoms with E-state index in [1.165, 1.54) is 91.5 Å². The van der Waals surface area contributed by atoms with Gasteiger partial charge in [0.15, 0.2) is 0 Å². The highest BCUT2D eigenvalue weighted by Gasteiger charge is 2.20. The molecule has 0 bridgehead atoms. The maximum absolute atomic E-state index is 2.43. The smallest absolute Gasteiger partial charge is 0.0541 e. The Morgan fingerprint density at radius 1 is 0.339 bits per heavy atom. The number of rotatable bonds is 6. The zero-order valence-electron chi connectivity index (χ0n) is 32.1. The van der Waals surface area contributed by atoms with E-state index in [-0.39, 0.29) is 0 Å². The van der Waals surface area contributed by atoms with Crippen LogP contribution < -0.4 is 4.90 Å². The lowest BCUT2D eigenvalue weighted by Gasteiger charge is -2.28. The van der Waals surface area contributed by atoms with Gasteiger partial charge in [-0.25, -0.2) is 0 Å². The molecule has 0 radical (unpaired) electrons. The molecule has 2 nitrogen and oxygen atoms in total. The van der Waals surface area contributed by atoms with Crippen LogP contribution in [0.3, 0.4) is 0 Å². The predicted molar refractivity (Wildman–Crippen MR) is 254 cm³/mol. The molecule has 0 unspecified atom stereocenters. The molecule has 2 aromatic heterocycles. The maximum atomic E-state index is 2.43. The van der Waals surface area contributed by atoms with Gasteiger partial charge in [-0.15, -0.1) is 11.3 Å². The van der Waals surface area contributed by atoms with Gasteiger partial charge in [0.05, 0.1) is 16.7 Å². The molecule has 0 spiro atoms. The van der Waals surface area contributed by atoms with Gasteiger partial charge in [-0.2, -0.15) is 0 Å². The van der Waals surface area contributed by atoms with Crippen molar-refractivity contribution < 1.29 is 0 Å². The number of aromatic nitrogens is 1. The maximum Gasteiger partial charge on any atom is 0.0541 e. The van der Waals surface area contributed by atoms with Crippen molar-refractivity contribution in [1.29, 1.82) is 0 Å². The van der Waals surface area contributed by atoms with E-state index in [0.717, 1.165) is 17.1 Å². The van der Waals surface area contributed by atoms with E-state index in [4.69, 9.17) is 0 Å². The summed E-state index contributed by atoms with van der Waals surface area (Å²) in [5.41, 5.74) is 11.8. The Kier molecular flexibility index (Phi) is 7.75. The molecule has 0 fully saturated rings. The lowest BCUT2D eigenvalue weighted by Crippen LogP contribution is -2.10. The third-order valence-corrected chi connectivity index (χ3v) is 13.1. The highest BCUT2D eigenvalue weighted by atomic mass is 32.1. The van der Waals surface area contributed by atoms with Gasteiger partial charge in [0.25, 0.3) is 0 Å². The van der Waals surface area contributed by atoms with Gasteiger partial charge in [0.2, 0.25) is 0 Å². The minimum atomic E-state index is 1.11. The van der Waals surface area contributed by atoms with Gasteiger partial charge in [-0.3, -0.25) is 0 Å². The van der Waals surface area contributed by atoms with Crippen molar-refractivity contribution in [1.82, 2.24) is 4.57 Å². The van der Waals surface area contributed by atoms with Crippen molar-refractivity contribution in [2.24, 2.45) is 0 Å². The second-order valence-electron chi connectivity index (χ2n) is 15.3. The minimum absolute atomic E-state index is 1.11. The highest BCUT2D eigenvalue weighted by molar-refractivity contribution is 7.25. The summed E-state index contributed by atoms with van der Waals surface area (Å²) in [6.45, 7) is 0. The molecule has 0 amide bonds. The second kappa shape index (κ2) is 13.6. The molecule has 2 heterocycles. The van der Waals surface area contributed by atoms with Crippen molar-refractivity contribution in [2.45, 2.75) is 0 Å². The molecule has 0 N–H and O–H groups in total. The summed E-state index contributed by atoms with van der Waals surface area (Å²) < 4.78 is 5.03. The molecule has 0 saturated carbocycles. The van der Waals surface area contributed by atoms with Crippen LogP contribution in [0.25, 0.3) is 91.5 Å². The molecule has 276 valence electrons. The Morgan fingerprint density at radius 3 is 1.83 bits per heavy atom. The van der Waals surface area contributed by atoms with Crippen molar-refractivity contribution in [2.75, 3.05) is 4.90 Å². The zero-order chi connectivity index (χ0) is 38.9. The van der Waals surface area contributed by atoms with Crippen LogP contribution in [0, 0.1) is 0 Å². The Morgan fingerprint density at radius 2 is 0.966 bits per heavy atom. The lowest BCUT2D eigenvalue weighted by atomic mass is 9.95. The molecule has 0 aliphatic carbocycles. The molecule has 3 heteroatoms. The van der Waals surface area contributed by atoms with E-state index in [2.05, 4.69) is 228 Å². The first kappa shape index (κ1) is 33.7. The SMILES string of the molecule is c1ccc(-n2c3ccccc3c3cc(-c4ccc(N(c5ccc(-c6ccc7sc8ccccc8c7c6)cc5)c5ccc6ccccc6c5)c5ccccc45)ccc32)cc1. The fourth-order valence-electron chi connectivity index (χ4n) is 9.18. The van der Waals surface area contributed by atoms with Crippen LogP contribution in [0.5, 0.6) is 0 Å². The molecular formula is C56H36N2S. The van der Waals surface area contributed by atoms with E-state index in [0.29, 0.717) is 0 Å². The number of benzene rings is 10. The van der Waals surface area contributed by atoms with Crippen molar-refractivity contribution in [3.05, 3.63) is 218 Å². The Hall–Kier alpha value is -7.46. The van der Waals surface area contributed by atoms with Crippen molar-refractivity contribution in [3.8, 4) is 27.9 Å². The fourth-order valence-corrected chi connectivity index (χ4v) is 10.3. The van der Waals surface area contributed by atoms with Crippen LogP contribution in [-0.2, 0) is 0 Å². The number of fused-ring (bicyclic) bond motifs is 8. The Labute approximate surface area is 346 Å². The number of anilines is 3. The summed E-state index contributed by atoms with van der Waals surface area (Å²) in [7, 11) is 0. The van der Waals surface area contributed by atoms with Crippen LogP contribution in [-0.4, -0.2) is 4.57 Å². The summed E-state index contributed by atoms with van der Waals surface area (Å²) >= 11 is 1.86. The molecule has 0 aliphatic rings. The minimum Gasteiger partial charge on any atom is -0.310 e. The molecule has 12 rings (SSSR count). The largest absolute Gasteiger partial charge is 0.310 e. The van der Waals surface area contributed by atoms with E-state index < -0.39 is 0 Å². The normalized spacial score (nSPS) is 11.7. The number of para-hydroxylation sites is 2. The molecule has 0 aliphatic heterocycles. The van der Waals surface area contributed by atoms with Gasteiger partial charge in [-0.1, -0.05) is 140 Å². The molecular weight excluding hydrogens is 733 g/mol. The summed E-state index contributed by atoms with van der Waals surface area (Å²) in [4.78, 5) is 2.43. The van der Waals surface area contributed by atoms with Crippen LogP contribution >= 0.6 is 11.3 Å². The Balaban J connectivity index is 1.01. The molecule has 12 aromatic rings. The summed E-state index contributed by atoms with van der Waals surface area (Å²) in [5, 5.41) is 10.0. The molecule has 0 atom stereocenters. The summed E-state index contributed by atoms with van der Waals surface area (Å²) in [5.74, 6) is 0. The van der Waals surface area contributed by atoms with Crippen molar-refractivity contribution in [3.63, 3.8) is 0 Å². The fraction of sp³-hybridized carbons (Fsp3) is 0. The second-order valence-corrected chi connectivity index (χ2v) is 16.4. The summed E-state index contributed by atoms with van der Waals surface area (Å²) in [6.07, 6.45) is 0. The van der Waals surface area contributed by atoms with Gasteiger partial charge in [0.1, 0.15) is 0 Å². The van der Waals surface area contributed by atoms with Gasteiger partial charge >= 0.3 is 0 Å². The molecule has 59 heavy (non-hydrogen) atoms. The van der Waals surface area contributed by atoms with Gasteiger partial charge in [-0.05, 0) is 117 Å². The number of hydrogen-bond donors (Lipinski definition) is 0. The standard InChI is InChI=1S/C56H36N2S/c1-2-14-42(15-3-1)58-52-20-10-8-18-48(52)50-36-41(25-31-54(50)58)45-30-32-53(47-17-7-6-16-46(45)47)57(44-29-24-37-12-4-5-13-39(37)34-44)43-27-22-38(23-28-43)40-26-33-56-51(35-40)49-19-9-11-21-55(49)59-56/h1-36H. The van der Waals surface area contributed by atoms with Gasteiger partial charge < -0.3 is 9.47 Å². The van der Waals surface area contributed by atoms with Crippen molar-refractivity contribution >= 4 is 91.9 Å². The average molecular weight is 769 g/mol. The average Bonchev–Trinajstić information content (AvgIpc) is 3.85. The van der Waals surface area contributed by atoms with Crippen LogP contribution in [0.4, 0.5) is 17.1 Å². The van der Waals surface area contributed by atoms with Crippen LogP contribution in [0.1, 0.15) is 0 Å². The van der Waals surface area contributed by atoms with Gasteiger partial charge in [0, 0.05) is 53.4 Å². The lowest BCUT2D eigenvalue weighted by molar-refractivity contribution is 1.18. The topological polar surface area (TPSA) is 8.17 Å². The van der Waals surface area contributed by atoms with Crippen LogP contribution in [0.15, 0.2) is 218 Å². The predicted octanol–water partition coefficient (Wildman–Crippen LogP) is 16.3. The quantitative estimate of drug-likeness (QED) is 0.164. The number of thiophene rings is 1. The Bertz CT molecular complexity index is 3560. The summed E-state index contributed by atoms with van der Waals surface area (Å²) in [6, 6.07) is 80.0. The first-order chi connectivity index (χ1) is 29.2. The van der Waals surface area contributed by atoms with E-state index in [1.54, 1.807) is 0 Å². The van der Waals surface area contributed by atoms with E-state index in [1.807, 2.05) is 11.3 Å².